The van der Waals surface area contributed by atoms with Crippen molar-refractivity contribution in [1.82, 2.24) is 14.9 Å². The summed E-state index contributed by atoms with van der Waals surface area (Å²) in [6.45, 7) is 1.12. The Kier molecular flexibility index (Phi) is 6.07. The van der Waals surface area contributed by atoms with Crippen LogP contribution in [0.1, 0.15) is 28.0 Å². The number of hydrogen-bond acceptors (Lipinski definition) is 5. The van der Waals surface area contributed by atoms with E-state index in [9.17, 15) is 4.79 Å². The molecule has 4 aromatic rings. The molecule has 0 radical (unpaired) electrons. The van der Waals surface area contributed by atoms with Crippen LogP contribution in [0.4, 0.5) is 5.82 Å². The highest BCUT2D eigenvalue weighted by molar-refractivity contribution is 6.11. The molecule has 170 valence electrons. The number of pyridine rings is 1. The third kappa shape index (κ3) is 4.54. The van der Waals surface area contributed by atoms with Gasteiger partial charge in [-0.05, 0) is 47.0 Å². The molecule has 0 unspecified atom stereocenters. The number of benzene rings is 2. The van der Waals surface area contributed by atoms with Crippen molar-refractivity contribution in [3.05, 3.63) is 102 Å². The second-order valence-corrected chi connectivity index (χ2v) is 8.02. The molecular formula is C27H25N5O2. The van der Waals surface area contributed by atoms with Crippen molar-refractivity contribution >= 4 is 17.4 Å². The topological polar surface area (TPSA) is 80.5 Å². The van der Waals surface area contributed by atoms with Crippen LogP contribution in [0.25, 0.3) is 11.1 Å². The van der Waals surface area contributed by atoms with E-state index in [-0.39, 0.29) is 5.91 Å². The van der Waals surface area contributed by atoms with Crippen LogP contribution in [0, 0.1) is 0 Å². The summed E-state index contributed by atoms with van der Waals surface area (Å²) in [6.07, 6.45) is 4.30. The fourth-order valence-electron chi connectivity index (χ4n) is 4.06. The number of anilines is 1. The average molecular weight is 452 g/mol. The summed E-state index contributed by atoms with van der Waals surface area (Å²) in [5, 5.41) is 7.54. The fraction of sp³-hybridized carbons (Fsp3) is 0.148. The van der Waals surface area contributed by atoms with Gasteiger partial charge in [-0.2, -0.15) is 5.10 Å². The van der Waals surface area contributed by atoms with E-state index in [2.05, 4.69) is 45.1 Å². The number of hydrogen-bond donors (Lipinski definition) is 2. The molecule has 0 fully saturated rings. The lowest BCUT2D eigenvalue weighted by atomic mass is 10.0. The highest BCUT2D eigenvalue weighted by Crippen LogP contribution is 2.24. The first-order chi connectivity index (χ1) is 16.7. The average Bonchev–Trinajstić information content (AvgIpc) is 3.23. The van der Waals surface area contributed by atoms with E-state index in [0.29, 0.717) is 31.0 Å². The van der Waals surface area contributed by atoms with E-state index in [1.54, 1.807) is 13.3 Å². The lowest BCUT2D eigenvalue weighted by Crippen LogP contribution is -2.25. The maximum atomic E-state index is 12.9. The maximum absolute atomic E-state index is 12.9. The third-order valence-corrected chi connectivity index (χ3v) is 5.84. The zero-order chi connectivity index (χ0) is 23.3. The molecule has 0 aliphatic carbocycles. The molecule has 0 bridgehead atoms. The number of methoxy groups -OCH3 is 1. The van der Waals surface area contributed by atoms with Crippen molar-refractivity contribution in [3.8, 4) is 16.9 Å². The van der Waals surface area contributed by atoms with Gasteiger partial charge in [-0.15, -0.1) is 0 Å². The van der Waals surface area contributed by atoms with E-state index in [0.717, 1.165) is 33.7 Å². The normalized spacial score (nSPS) is 14.3. The minimum Gasteiger partial charge on any atom is -0.497 e. The van der Waals surface area contributed by atoms with Gasteiger partial charge >= 0.3 is 0 Å². The number of carbonyl (C=O) groups is 1. The van der Waals surface area contributed by atoms with Crippen LogP contribution in [-0.4, -0.2) is 34.8 Å². The summed E-state index contributed by atoms with van der Waals surface area (Å²) in [5.74, 6) is 1.42. The van der Waals surface area contributed by atoms with Gasteiger partial charge in [-0.25, -0.2) is 4.98 Å². The number of fused-ring (bicyclic) bond motifs is 1. The van der Waals surface area contributed by atoms with Crippen LogP contribution in [0.2, 0.25) is 0 Å². The second-order valence-electron chi connectivity index (χ2n) is 8.02. The van der Waals surface area contributed by atoms with Crippen molar-refractivity contribution in [3.63, 3.8) is 0 Å². The largest absolute Gasteiger partial charge is 0.497 e. The van der Waals surface area contributed by atoms with Crippen LogP contribution in [-0.2, 0) is 6.54 Å². The number of hydrazone groups is 1. The number of ether oxygens (including phenoxy) is 1. The summed E-state index contributed by atoms with van der Waals surface area (Å²) in [4.78, 5) is 17.1. The molecule has 0 saturated carbocycles. The van der Waals surface area contributed by atoms with Gasteiger partial charge in [0.15, 0.2) is 0 Å². The molecule has 0 spiro atoms. The first kappa shape index (κ1) is 21.5. The lowest BCUT2D eigenvalue weighted by Gasteiger charge is -2.10. The lowest BCUT2D eigenvalue weighted by molar-refractivity contribution is 0.0947. The summed E-state index contributed by atoms with van der Waals surface area (Å²) in [6, 6.07) is 24.0. The molecule has 7 heteroatoms. The molecule has 2 aromatic carbocycles. The molecule has 5 rings (SSSR count). The molecular weight excluding hydrogens is 426 g/mol. The molecule has 0 saturated heterocycles. The standard InChI is InChI=1S/C27H25N5O2/c1-34-22-11-9-21(10-12-22)20-7-5-19(6-8-20)18-32-17-14-23-24(13-16-29-27(33)26(23)32)30-31-25-4-2-3-15-28-25/h2-12,14-15,17H,13,16,18H2,1H3,(H,28,31)(H,29,33)/b30-24+. The van der Waals surface area contributed by atoms with Crippen LogP contribution in [0.5, 0.6) is 5.75 Å². The first-order valence-electron chi connectivity index (χ1n) is 11.2. The summed E-state index contributed by atoms with van der Waals surface area (Å²) < 4.78 is 7.22. The predicted octanol–water partition coefficient (Wildman–Crippen LogP) is 4.56. The number of aromatic nitrogens is 2. The number of amides is 1. The van der Waals surface area contributed by atoms with E-state index in [4.69, 9.17) is 4.74 Å². The van der Waals surface area contributed by atoms with Gasteiger partial charge in [0.2, 0.25) is 0 Å². The number of nitrogens with zero attached hydrogens (tertiary/aromatic N) is 3. The fourth-order valence-corrected chi connectivity index (χ4v) is 4.06. The van der Waals surface area contributed by atoms with Gasteiger partial charge < -0.3 is 14.6 Å². The SMILES string of the molecule is COc1ccc(-c2ccc(Cn3ccc4c3C(=O)NCC/C4=N\Nc3ccccn3)cc2)cc1. The zero-order valence-corrected chi connectivity index (χ0v) is 18.9. The van der Waals surface area contributed by atoms with E-state index < -0.39 is 0 Å². The Bertz CT molecular complexity index is 1310. The minimum absolute atomic E-state index is 0.0853. The second kappa shape index (κ2) is 9.62. The first-order valence-corrected chi connectivity index (χ1v) is 11.2. The van der Waals surface area contributed by atoms with Gasteiger partial charge in [-0.1, -0.05) is 42.5 Å². The summed E-state index contributed by atoms with van der Waals surface area (Å²) >= 11 is 0. The van der Waals surface area contributed by atoms with Crippen LogP contribution in [0.3, 0.4) is 0 Å². The van der Waals surface area contributed by atoms with Crippen molar-refractivity contribution in [2.45, 2.75) is 13.0 Å². The smallest absolute Gasteiger partial charge is 0.268 e. The number of nitrogens with one attached hydrogen (secondary N) is 2. The van der Waals surface area contributed by atoms with E-state index in [1.165, 1.54) is 0 Å². The highest BCUT2D eigenvalue weighted by Gasteiger charge is 2.24. The molecule has 2 N–H and O–H groups in total. The number of carbonyl (C=O) groups excluding carboxylic acids is 1. The monoisotopic (exact) mass is 451 g/mol. The molecule has 1 aliphatic heterocycles. The van der Waals surface area contributed by atoms with Crippen molar-refractivity contribution < 1.29 is 9.53 Å². The summed E-state index contributed by atoms with van der Waals surface area (Å²) in [5.41, 5.74) is 8.66. The van der Waals surface area contributed by atoms with Gasteiger partial charge in [0, 0.05) is 37.5 Å². The van der Waals surface area contributed by atoms with Gasteiger partial charge in [0.05, 0.1) is 12.8 Å². The van der Waals surface area contributed by atoms with Crippen LogP contribution in [0.15, 0.2) is 90.3 Å². The predicted molar refractivity (Wildman–Crippen MR) is 133 cm³/mol. The van der Waals surface area contributed by atoms with Crippen molar-refractivity contribution in [2.75, 3.05) is 19.1 Å². The quantitative estimate of drug-likeness (QED) is 0.421. The zero-order valence-electron chi connectivity index (χ0n) is 18.9. The molecule has 3 heterocycles. The van der Waals surface area contributed by atoms with Gasteiger partial charge in [0.1, 0.15) is 17.3 Å². The Morgan fingerprint density at radius 3 is 2.50 bits per heavy atom. The minimum atomic E-state index is -0.0853. The van der Waals surface area contributed by atoms with Gasteiger partial charge in [-0.3, -0.25) is 10.2 Å². The van der Waals surface area contributed by atoms with Gasteiger partial charge in [0.25, 0.3) is 5.91 Å². The summed E-state index contributed by atoms with van der Waals surface area (Å²) in [7, 11) is 1.66. The Hall–Kier alpha value is -4.39. The molecule has 2 aromatic heterocycles. The van der Waals surface area contributed by atoms with Crippen LogP contribution < -0.4 is 15.5 Å². The highest BCUT2D eigenvalue weighted by atomic mass is 16.5. The molecule has 1 amide bonds. The van der Waals surface area contributed by atoms with Crippen LogP contribution >= 0.6 is 0 Å². The van der Waals surface area contributed by atoms with Crippen molar-refractivity contribution in [2.24, 2.45) is 5.10 Å². The molecule has 34 heavy (non-hydrogen) atoms. The Balaban J connectivity index is 1.38. The van der Waals surface area contributed by atoms with E-state index >= 15 is 0 Å². The van der Waals surface area contributed by atoms with E-state index in [1.807, 2.05) is 59.3 Å². The third-order valence-electron chi connectivity index (χ3n) is 5.84. The molecule has 7 nitrogen and oxygen atoms in total. The van der Waals surface area contributed by atoms with Crippen molar-refractivity contribution in [1.29, 1.82) is 0 Å². The molecule has 0 atom stereocenters. The molecule has 1 aliphatic rings. The maximum Gasteiger partial charge on any atom is 0.268 e. The Morgan fingerprint density at radius 1 is 1.03 bits per heavy atom. The Labute approximate surface area is 198 Å². The Morgan fingerprint density at radius 2 is 1.79 bits per heavy atom. The number of rotatable bonds is 6.